The van der Waals surface area contributed by atoms with Crippen LogP contribution >= 0.6 is 23.4 Å². The van der Waals surface area contributed by atoms with E-state index in [9.17, 15) is 9.59 Å². The highest BCUT2D eigenvalue weighted by Crippen LogP contribution is 2.30. The van der Waals surface area contributed by atoms with Crippen molar-refractivity contribution in [3.63, 3.8) is 0 Å². The van der Waals surface area contributed by atoms with E-state index in [1.165, 1.54) is 11.8 Å². The lowest BCUT2D eigenvalue weighted by Crippen LogP contribution is -2.19. The summed E-state index contributed by atoms with van der Waals surface area (Å²) in [6.07, 6.45) is 1.70. The Labute approximate surface area is 171 Å². The number of rotatable bonds is 6. The minimum absolute atomic E-state index is 0.0577. The fourth-order valence-corrected chi connectivity index (χ4v) is 3.46. The number of nitrogens with one attached hydrogen (secondary N) is 1. The van der Waals surface area contributed by atoms with Crippen LogP contribution in [0.5, 0.6) is 5.75 Å². The predicted molar refractivity (Wildman–Crippen MR) is 111 cm³/mol. The molecule has 0 aliphatic carbocycles. The average Bonchev–Trinajstić information content (AvgIpc) is 2.98. The number of thioether (sulfide) groups is 1. The van der Waals surface area contributed by atoms with Crippen molar-refractivity contribution < 1.29 is 19.4 Å². The van der Waals surface area contributed by atoms with Crippen molar-refractivity contribution in [3.8, 4) is 5.75 Å². The van der Waals surface area contributed by atoms with Gasteiger partial charge in [-0.2, -0.15) is 0 Å². The number of halogens is 1. The largest absolute Gasteiger partial charge is 0.493 e. The maximum Gasteiger partial charge on any atom is 0.306 e. The average molecular weight is 417 g/mol. The Balaban J connectivity index is 1.68. The molecule has 0 bridgehead atoms. The second-order valence-corrected chi connectivity index (χ2v) is 7.44. The third kappa shape index (κ3) is 5.37. The van der Waals surface area contributed by atoms with E-state index in [1.54, 1.807) is 36.4 Å². The molecule has 0 spiro atoms. The fraction of sp³-hybridized carbons (Fsp3) is 0.150. The second kappa shape index (κ2) is 8.95. The van der Waals surface area contributed by atoms with Gasteiger partial charge in [-0.15, -0.1) is 0 Å². The summed E-state index contributed by atoms with van der Waals surface area (Å²) in [5.74, 6) is -0.540. The van der Waals surface area contributed by atoms with Gasteiger partial charge in [-0.3, -0.25) is 9.59 Å². The summed E-state index contributed by atoms with van der Waals surface area (Å²) in [5, 5.41) is 12.5. The molecule has 3 rings (SSSR count). The number of carboxylic acid groups (broad SMARTS) is 1. The van der Waals surface area contributed by atoms with E-state index < -0.39 is 5.97 Å². The molecule has 1 heterocycles. The van der Waals surface area contributed by atoms with Crippen molar-refractivity contribution in [1.82, 2.24) is 5.32 Å². The molecule has 1 aliphatic rings. The maximum atomic E-state index is 12.2. The minimum Gasteiger partial charge on any atom is -0.493 e. The molecule has 8 heteroatoms. The molecule has 144 valence electrons. The first-order valence-electron chi connectivity index (χ1n) is 8.41. The molecule has 0 radical (unpaired) electrons. The van der Waals surface area contributed by atoms with Crippen LogP contribution in [0.4, 0.5) is 5.69 Å². The van der Waals surface area contributed by atoms with Crippen molar-refractivity contribution in [1.29, 1.82) is 0 Å². The number of nitrogens with zero attached hydrogens (tertiary/aromatic N) is 1. The number of hydrogen-bond acceptors (Lipinski definition) is 5. The van der Waals surface area contributed by atoms with Crippen molar-refractivity contribution in [2.75, 3.05) is 6.61 Å². The van der Waals surface area contributed by atoms with E-state index in [1.807, 2.05) is 19.1 Å². The molecule has 1 aliphatic heterocycles. The van der Waals surface area contributed by atoms with Crippen LogP contribution in [0.15, 0.2) is 52.4 Å². The zero-order valence-corrected chi connectivity index (χ0v) is 16.5. The quantitative estimate of drug-likeness (QED) is 0.681. The number of carbonyl (C=O) groups excluding carboxylic acids is 1. The Bertz CT molecular complexity index is 971. The topological polar surface area (TPSA) is 88.0 Å². The highest BCUT2D eigenvalue weighted by molar-refractivity contribution is 8.18. The summed E-state index contributed by atoms with van der Waals surface area (Å²) in [6, 6.07) is 12.5. The number of aryl methyl sites for hydroxylation is 1. The molecular weight excluding hydrogens is 400 g/mol. The Hall–Kier alpha value is -2.77. The molecule has 6 nitrogen and oxygen atoms in total. The minimum atomic E-state index is -0.906. The molecule has 2 aromatic carbocycles. The standard InChI is InChI=1S/C20H17ClN2O4S/c1-12-10-14(21)4-7-16(12)22-20-23-19(26)17(28-20)11-13-2-5-15(6-3-13)27-9-8-18(24)25/h2-7,10-11H,8-9H2,1H3,(H,24,25)(H,22,23,26)/b17-11-. The number of amidine groups is 1. The van der Waals surface area contributed by atoms with Gasteiger partial charge in [0.15, 0.2) is 5.17 Å². The van der Waals surface area contributed by atoms with Crippen LogP contribution in [0, 0.1) is 6.92 Å². The van der Waals surface area contributed by atoms with Crippen molar-refractivity contribution in [2.45, 2.75) is 13.3 Å². The molecule has 2 aromatic rings. The first-order valence-corrected chi connectivity index (χ1v) is 9.60. The van der Waals surface area contributed by atoms with Crippen LogP contribution < -0.4 is 10.1 Å². The molecule has 0 aromatic heterocycles. The van der Waals surface area contributed by atoms with Gasteiger partial charge in [-0.25, -0.2) is 4.99 Å². The number of ether oxygens (including phenoxy) is 1. The highest BCUT2D eigenvalue weighted by Gasteiger charge is 2.24. The summed E-state index contributed by atoms with van der Waals surface area (Å²) in [5.41, 5.74) is 2.49. The third-order valence-corrected chi connectivity index (χ3v) is 4.94. The van der Waals surface area contributed by atoms with E-state index in [2.05, 4.69) is 10.3 Å². The highest BCUT2D eigenvalue weighted by atomic mass is 35.5. The summed E-state index contributed by atoms with van der Waals surface area (Å²) in [6.45, 7) is 2.02. The molecule has 0 atom stereocenters. The SMILES string of the molecule is Cc1cc(Cl)ccc1N=C1NC(=O)/C(=C/c2ccc(OCCC(=O)O)cc2)S1. The lowest BCUT2D eigenvalue weighted by molar-refractivity contribution is -0.137. The number of carbonyl (C=O) groups is 2. The van der Waals surface area contributed by atoms with E-state index in [0.29, 0.717) is 20.8 Å². The number of aliphatic carboxylic acids is 1. The van der Waals surface area contributed by atoms with Crippen LogP contribution in [-0.4, -0.2) is 28.8 Å². The van der Waals surface area contributed by atoms with E-state index in [4.69, 9.17) is 21.4 Å². The number of carboxylic acids is 1. The molecule has 1 amide bonds. The Kier molecular flexibility index (Phi) is 6.38. The predicted octanol–water partition coefficient (Wildman–Crippen LogP) is 4.39. The van der Waals surface area contributed by atoms with Gasteiger partial charge in [0.05, 0.1) is 23.6 Å². The van der Waals surface area contributed by atoms with Crippen LogP contribution in [0.2, 0.25) is 5.02 Å². The molecule has 1 saturated heterocycles. The molecule has 2 N–H and O–H groups in total. The van der Waals surface area contributed by atoms with Gasteiger partial charge in [0, 0.05) is 5.02 Å². The third-order valence-electron chi connectivity index (χ3n) is 3.79. The van der Waals surface area contributed by atoms with Gasteiger partial charge in [0.1, 0.15) is 5.75 Å². The van der Waals surface area contributed by atoms with Crippen LogP contribution in [0.1, 0.15) is 17.5 Å². The number of benzene rings is 2. The molecule has 0 saturated carbocycles. The van der Waals surface area contributed by atoms with E-state index >= 15 is 0 Å². The smallest absolute Gasteiger partial charge is 0.306 e. The number of hydrogen-bond donors (Lipinski definition) is 2. The fourth-order valence-electron chi connectivity index (χ4n) is 2.40. The zero-order chi connectivity index (χ0) is 20.1. The summed E-state index contributed by atoms with van der Waals surface area (Å²) in [7, 11) is 0. The normalized spacial score (nSPS) is 16.4. The van der Waals surface area contributed by atoms with E-state index in [0.717, 1.165) is 16.8 Å². The molecule has 0 unspecified atom stereocenters. The summed E-state index contributed by atoms with van der Waals surface area (Å²) in [4.78, 5) is 27.7. The van der Waals surface area contributed by atoms with Gasteiger partial charge in [-0.1, -0.05) is 23.7 Å². The zero-order valence-electron chi connectivity index (χ0n) is 14.9. The molecule has 1 fully saturated rings. The number of aliphatic imine (C=N–C) groups is 1. The van der Waals surface area contributed by atoms with Crippen molar-refractivity contribution >= 4 is 52.2 Å². The Morgan fingerprint density at radius 2 is 2.04 bits per heavy atom. The Morgan fingerprint density at radius 1 is 1.29 bits per heavy atom. The number of amides is 1. The van der Waals surface area contributed by atoms with Crippen molar-refractivity contribution in [3.05, 3.63) is 63.5 Å². The van der Waals surface area contributed by atoms with Gasteiger partial charge < -0.3 is 15.2 Å². The lowest BCUT2D eigenvalue weighted by Gasteiger charge is -2.04. The van der Waals surface area contributed by atoms with Gasteiger partial charge in [0.25, 0.3) is 5.91 Å². The first kappa shape index (κ1) is 20.0. The molecular formula is C20H17ClN2O4S. The summed E-state index contributed by atoms with van der Waals surface area (Å²) >= 11 is 7.22. The Morgan fingerprint density at radius 3 is 2.71 bits per heavy atom. The van der Waals surface area contributed by atoms with Crippen LogP contribution in [0.3, 0.4) is 0 Å². The monoisotopic (exact) mass is 416 g/mol. The first-order chi connectivity index (χ1) is 13.4. The second-order valence-electron chi connectivity index (χ2n) is 5.97. The van der Waals surface area contributed by atoms with E-state index in [-0.39, 0.29) is 18.9 Å². The summed E-state index contributed by atoms with van der Waals surface area (Å²) < 4.78 is 5.35. The van der Waals surface area contributed by atoms with Gasteiger partial charge in [-0.05, 0) is 66.2 Å². The lowest BCUT2D eigenvalue weighted by atomic mass is 10.2. The van der Waals surface area contributed by atoms with Crippen LogP contribution in [0.25, 0.3) is 6.08 Å². The van der Waals surface area contributed by atoms with Crippen LogP contribution in [-0.2, 0) is 9.59 Å². The van der Waals surface area contributed by atoms with Crippen molar-refractivity contribution in [2.24, 2.45) is 4.99 Å². The maximum absolute atomic E-state index is 12.2. The van der Waals surface area contributed by atoms with Gasteiger partial charge >= 0.3 is 5.97 Å². The van der Waals surface area contributed by atoms with Gasteiger partial charge in [0.2, 0.25) is 0 Å². The molecule has 28 heavy (non-hydrogen) atoms.